The molecule has 0 fully saturated rings. The van der Waals surface area contributed by atoms with Crippen molar-refractivity contribution in [2.45, 2.75) is 45.6 Å². The Morgan fingerprint density at radius 1 is 1.18 bits per heavy atom. The van der Waals surface area contributed by atoms with Crippen LogP contribution in [0, 0.1) is 0 Å². The van der Waals surface area contributed by atoms with Crippen LogP contribution in [0.5, 0.6) is 11.8 Å². The molecule has 0 amide bonds. The van der Waals surface area contributed by atoms with E-state index in [0.717, 1.165) is 0 Å². The van der Waals surface area contributed by atoms with E-state index in [0.29, 0.717) is 21.5 Å². The molecule has 0 radical (unpaired) electrons. The van der Waals surface area contributed by atoms with E-state index in [1.165, 1.54) is 19.2 Å². The van der Waals surface area contributed by atoms with Crippen LogP contribution in [0.3, 0.4) is 0 Å². The van der Waals surface area contributed by atoms with E-state index in [9.17, 15) is 22.8 Å². The van der Waals surface area contributed by atoms with Crippen molar-refractivity contribution in [3.05, 3.63) is 46.2 Å². The number of ether oxygens (including phenoxy) is 4. The molecule has 12 heteroatoms. The smallest absolute Gasteiger partial charge is 0.392 e. The predicted octanol–water partition coefficient (Wildman–Crippen LogP) is 4.19. The van der Waals surface area contributed by atoms with Gasteiger partial charge in [0.05, 0.1) is 18.7 Å². The van der Waals surface area contributed by atoms with E-state index in [1.54, 1.807) is 25.1 Å². The molecule has 1 unspecified atom stereocenters. The number of hydrogen-bond acceptors (Lipinski definition) is 8. The van der Waals surface area contributed by atoms with Crippen molar-refractivity contribution in [1.82, 2.24) is 9.97 Å². The number of hydrogen-bond donors (Lipinski definition) is 0. The number of rotatable bonds is 11. The first-order chi connectivity index (χ1) is 15.6. The summed E-state index contributed by atoms with van der Waals surface area (Å²) in [4.78, 5) is 31.4. The molecule has 0 bridgehead atoms. The van der Waals surface area contributed by atoms with Gasteiger partial charge in [-0.1, -0.05) is 15.9 Å². The Hall–Kier alpha value is -2.89. The van der Waals surface area contributed by atoms with Crippen LogP contribution in [0.25, 0.3) is 0 Å². The highest BCUT2D eigenvalue weighted by atomic mass is 79.9. The molecule has 0 aliphatic rings. The topological polar surface area (TPSA) is 96.8 Å². The van der Waals surface area contributed by atoms with Crippen LogP contribution in [-0.4, -0.2) is 47.4 Å². The lowest BCUT2D eigenvalue weighted by Crippen LogP contribution is -2.30. The molecular weight excluding hydrogens is 513 g/mol. The van der Waals surface area contributed by atoms with Crippen molar-refractivity contribution >= 4 is 27.9 Å². The molecule has 2 aromatic rings. The lowest BCUT2D eigenvalue weighted by Gasteiger charge is -2.18. The number of alkyl halides is 3. The van der Waals surface area contributed by atoms with Gasteiger partial charge in [-0.25, -0.2) is 9.78 Å². The average Bonchev–Trinajstić information content (AvgIpc) is 2.72. The fourth-order valence-corrected chi connectivity index (χ4v) is 3.00. The van der Waals surface area contributed by atoms with Crippen molar-refractivity contribution in [3.8, 4) is 11.8 Å². The summed E-state index contributed by atoms with van der Waals surface area (Å²) in [6, 6.07) is 6.40. The Morgan fingerprint density at radius 3 is 2.61 bits per heavy atom. The molecule has 0 saturated heterocycles. The van der Waals surface area contributed by atoms with E-state index in [2.05, 4.69) is 25.9 Å². The van der Waals surface area contributed by atoms with Gasteiger partial charge in [0.2, 0.25) is 6.10 Å². The lowest BCUT2D eigenvalue weighted by molar-refractivity contribution is -0.166. The third-order valence-electron chi connectivity index (χ3n) is 3.97. The standard InChI is InChI=1S/C21H22BrF3N2O6/c1-3-30-19(29)18(33-13(2)28)11-14-10-15(22)4-5-17(14)32-12-16-6-8-26-20(27-16)31-9-7-21(23,24)25/h4-6,8,10,18H,3,7,9,11-12H2,1-2H3. The molecule has 180 valence electrons. The lowest BCUT2D eigenvalue weighted by atomic mass is 10.1. The fraction of sp³-hybridized carbons (Fsp3) is 0.429. The average molecular weight is 535 g/mol. The van der Waals surface area contributed by atoms with Gasteiger partial charge in [-0.2, -0.15) is 18.2 Å². The van der Waals surface area contributed by atoms with E-state index >= 15 is 0 Å². The van der Waals surface area contributed by atoms with Crippen LogP contribution < -0.4 is 9.47 Å². The molecule has 0 N–H and O–H groups in total. The molecule has 1 heterocycles. The second-order valence-electron chi connectivity index (χ2n) is 6.64. The van der Waals surface area contributed by atoms with Gasteiger partial charge in [0.15, 0.2) is 0 Å². The number of nitrogens with zero attached hydrogens (tertiary/aromatic N) is 2. The van der Waals surface area contributed by atoms with Crippen LogP contribution in [0.4, 0.5) is 13.2 Å². The maximum absolute atomic E-state index is 12.3. The third-order valence-corrected chi connectivity index (χ3v) is 4.46. The molecule has 2 rings (SSSR count). The Morgan fingerprint density at radius 2 is 1.94 bits per heavy atom. The van der Waals surface area contributed by atoms with Crippen LogP contribution in [0.1, 0.15) is 31.5 Å². The normalized spacial score (nSPS) is 12.1. The summed E-state index contributed by atoms with van der Waals surface area (Å²) >= 11 is 3.35. The van der Waals surface area contributed by atoms with Gasteiger partial charge in [0.1, 0.15) is 19.0 Å². The van der Waals surface area contributed by atoms with Crippen molar-refractivity contribution in [2.24, 2.45) is 0 Å². The second kappa shape index (κ2) is 12.4. The summed E-state index contributed by atoms with van der Waals surface area (Å²) in [5.74, 6) is -0.933. The Balaban J connectivity index is 2.10. The monoisotopic (exact) mass is 534 g/mol. The van der Waals surface area contributed by atoms with E-state index in [-0.39, 0.29) is 25.6 Å². The SMILES string of the molecule is CCOC(=O)C(Cc1cc(Br)ccc1OCc1ccnc(OCCC(F)(F)F)n1)OC(C)=O. The van der Waals surface area contributed by atoms with E-state index < -0.39 is 37.2 Å². The van der Waals surface area contributed by atoms with Gasteiger partial charge in [0.25, 0.3) is 0 Å². The minimum absolute atomic E-state index is 0.00274. The molecule has 0 saturated carbocycles. The number of halogens is 4. The van der Waals surface area contributed by atoms with Gasteiger partial charge in [-0.05, 0) is 36.8 Å². The third kappa shape index (κ3) is 9.64. The largest absolute Gasteiger partial charge is 0.487 e. The van der Waals surface area contributed by atoms with Crippen molar-refractivity contribution in [2.75, 3.05) is 13.2 Å². The van der Waals surface area contributed by atoms with E-state index in [4.69, 9.17) is 18.9 Å². The van der Waals surface area contributed by atoms with Gasteiger partial charge in [-0.15, -0.1) is 0 Å². The number of benzene rings is 1. The molecule has 33 heavy (non-hydrogen) atoms. The highest BCUT2D eigenvalue weighted by Crippen LogP contribution is 2.26. The second-order valence-corrected chi connectivity index (χ2v) is 7.55. The van der Waals surface area contributed by atoms with Crippen LogP contribution in [0.15, 0.2) is 34.9 Å². The molecule has 0 aliphatic heterocycles. The summed E-state index contributed by atoms with van der Waals surface area (Å²) in [6.07, 6.45) is -5.28. The maximum Gasteiger partial charge on any atom is 0.392 e. The number of aromatic nitrogens is 2. The predicted molar refractivity (Wildman–Crippen MR) is 113 cm³/mol. The number of carbonyl (C=O) groups is 2. The van der Waals surface area contributed by atoms with Crippen molar-refractivity contribution in [1.29, 1.82) is 0 Å². The van der Waals surface area contributed by atoms with Crippen molar-refractivity contribution < 1.29 is 41.7 Å². The van der Waals surface area contributed by atoms with Gasteiger partial charge in [-0.3, -0.25) is 4.79 Å². The number of esters is 2. The Labute approximate surface area is 196 Å². The van der Waals surface area contributed by atoms with Crippen LogP contribution >= 0.6 is 15.9 Å². The number of carbonyl (C=O) groups excluding carboxylic acids is 2. The molecule has 1 aromatic heterocycles. The molecule has 8 nitrogen and oxygen atoms in total. The minimum Gasteiger partial charge on any atom is -0.487 e. The summed E-state index contributed by atoms with van der Waals surface area (Å²) in [7, 11) is 0. The summed E-state index contributed by atoms with van der Waals surface area (Å²) in [6.45, 7) is 2.30. The van der Waals surface area contributed by atoms with Gasteiger partial charge in [0, 0.05) is 24.0 Å². The first-order valence-corrected chi connectivity index (χ1v) is 10.6. The fourth-order valence-electron chi connectivity index (χ4n) is 2.59. The van der Waals surface area contributed by atoms with Crippen LogP contribution in [0.2, 0.25) is 0 Å². The van der Waals surface area contributed by atoms with Gasteiger partial charge < -0.3 is 18.9 Å². The highest BCUT2D eigenvalue weighted by Gasteiger charge is 2.27. The maximum atomic E-state index is 12.3. The summed E-state index contributed by atoms with van der Waals surface area (Å²) in [5, 5.41) is 0. The van der Waals surface area contributed by atoms with E-state index in [1.807, 2.05) is 0 Å². The minimum atomic E-state index is -4.34. The molecule has 0 spiro atoms. The van der Waals surface area contributed by atoms with Crippen molar-refractivity contribution in [3.63, 3.8) is 0 Å². The quantitative estimate of drug-likeness (QED) is 0.396. The molecular formula is C21H22BrF3N2O6. The Kier molecular flexibility index (Phi) is 9.89. The first kappa shape index (κ1) is 26.4. The highest BCUT2D eigenvalue weighted by molar-refractivity contribution is 9.10. The molecule has 0 aliphatic carbocycles. The summed E-state index contributed by atoms with van der Waals surface area (Å²) in [5.41, 5.74) is 0.919. The van der Waals surface area contributed by atoms with Gasteiger partial charge >= 0.3 is 24.1 Å². The zero-order chi connectivity index (χ0) is 24.4. The Bertz CT molecular complexity index is 958. The zero-order valence-electron chi connectivity index (χ0n) is 17.9. The summed E-state index contributed by atoms with van der Waals surface area (Å²) < 4.78 is 58.3. The van der Waals surface area contributed by atoms with Crippen LogP contribution in [-0.2, 0) is 32.1 Å². The molecule has 1 aromatic carbocycles. The molecule has 1 atom stereocenters. The zero-order valence-corrected chi connectivity index (χ0v) is 19.4. The first-order valence-electron chi connectivity index (χ1n) is 9.84.